The van der Waals surface area contributed by atoms with Crippen LogP contribution in [0.3, 0.4) is 0 Å². The van der Waals surface area contributed by atoms with E-state index in [1.54, 1.807) is 0 Å². The number of amides is 1. The maximum absolute atomic E-state index is 12.4. The predicted molar refractivity (Wildman–Crippen MR) is 134 cm³/mol. The summed E-state index contributed by atoms with van der Waals surface area (Å²) >= 11 is 0. The van der Waals surface area contributed by atoms with Gasteiger partial charge in [0.2, 0.25) is 5.91 Å². The van der Waals surface area contributed by atoms with Crippen LogP contribution in [0.25, 0.3) is 0 Å². The molecular weight excluding hydrogens is 448 g/mol. The monoisotopic (exact) mass is 490 g/mol. The average Bonchev–Trinajstić information content (AvgIpc) is 3.17. The third kappa shape index (κ3) is 9.71. The normalized spacial score (nSPS) is 21.7. The largest absolute Gasteiger partial charge is 0.394 e. The molecule has 1 amide bonds. The number of rotatable bonds is 17. The lowest BCUT2D eigenvalue weighted by Gasteiger charge is -2.16. The van der Waals surface area contributed by atoms with Gasteiger partial charge in [0.15, 0.2) is 6.23 Å². The zero-order chi connectivity index (χ0) is 25.5. The van der Waals surface area contributed by atoms with E-state index >= 15 is 0 Å². The lowest BCUT2D eigenvalue weighted by Crippen LogP contribution is -2.32. The molecule has 0 aromatic carbocycles. The third-order valence-corrected chi connectivity index (χ3v) is 6.58. The van der Waals surface area contributed by atoms with Crippen molar-refractivity contribution in [1.29, 1.82) is 5.26 Å². The number of aromatic nitrogens is 2. The number of unbranched alkanes of at least 4 members (excludes halogenated alkanes) is 12. The van der Waals surface area contributed by atoms with Crippen molar-refractivity contribution < 1.29 is 19.7 Å². The van der Waals surface area contributed by atoms with Crippen LogP contribution in [0.5, 0.6) is 0 Å². The quantitative estimate of drug-likeness (QED) is 0.280. The first-order valence-corrected chi connectivity index (χ1v) is 13.2. The topological polar surface area (TPSA) is 137 Å². The van der Waals surface area contributed by atoms with Crippen molar-refractivity contribution in [2.45, 2.75) is 115 Å². The summed E-state index contributed by atoms with van der Waals surface area (Å²) in [5.41, 5.74) is -0.709. The van der Waals surface area contributed by atoms with Crippen LogP contribution in [0.15, 0.2) is 17.1 Å². The van der Waals surface area contributed by atoms with E-state index in [0.29, 0.717) is 6.42 Å². The van der Waals surface area contributed by atoms with E-state index in [4.69, 9.17) is 4.74 Å². The Kier molecular flexibility index (Phi) is 13.6. The summed E-state index contributed by atoms with van der Waals surface area (Å²) in [5, 5.41) is 31.3. The summed E-state index contributed by atoms with van der Waals surface area (Å²) in [5.74, 6) is -1.07. The molecule has 9 heteroatoms. The Bertz CT molecular complexity index is 853. The lowest BCUT2D eigenvalue weighted by molar-refractivity contribution is -0.116. The Morgan fingerprint density at radius 2 is 1.66 bits per heavy atom. The number of hydrogen-bond acceptors (Lipinski definition) is 7. The molecule has 0 aliphatic carbocycles. The number of aliphatic hydroxyl groups is 2. The van der Waals surface area contributed by atoms with Crippen molar-refractivity contribution in [3.05, 3.63) is 22.7 Å². The van der Waals surface area contributed by atoms with Crippen LogP contribution in [0.2, 0.25) is 0 Å². The molecule has 1 fully saturated rings. The van der Waals surface area contributed by atoms with Crippen LogP contribution in [-0.2, 0) is 9.53 Å². The molecule has 2 heterocycles. The van der Waals surface area contributed by atoms with E-state index < -0.39 is 36.7 Å². The highest BCUT2D eigenvalue weighted by Crippen LogP contribution is 2.33. The molecule has 0 bridgehead atoms. The van der Waals surface area contributed by atoms with Gasteiger partial charge in [-0.3, -0.25) is 9.36 Å². The molecule has 3 N–H and O–H groups in total. The van der Waals surface area contributed by atoms with Gasteiger partial charge >= 0.3 is 5.69 Å². The van der Waals surface area contributed by atoms with E-state index in [-0.39, 0.29) is 11.7 Å². The molecule has 9 nitrogen and oxygen atoms in total. The highest BCUT2D eigenvalue weighted by Gasteiger charge is 2.45. The molecule has 0 spiro atoms. The standard InChI is InChI=1S/C26H42N4O5/c1-2-3-4-5-6-7-8-9-10-11-12-13-14-15-23(32)28-22-16-17-30(26(34)29-22)25-20(18-27)24(33)21(19-31)35-25/h16-17,20-21,24-25,31,33H,2-15,19H2,1H3,(H,28,29,32,34)/t20-,21+,24-,25+/m0/s1. The number of nitriles is 1. The maximum atomic E-state index is 12.4. The number of carbonyl (C=O) groups is 1. The Hall–Kier alpha value is -2.28. The number of nitrogens with zero attached hydrogens (tertiary/aromatic N) is 3. The zero-order valence-corrected chi connectivity index (χ0v) is 21.0. The Morgan fingerprint density at radius 1 is 1.09 bits per heavy atom. The first kappa shape index (κ1) is 29.0. The van der Waals surface area contributed by atoms with Crippen molar-refractivity contribution in [1.82, 2.24) is 9.55 Å². The van der Waals surface area contributed by atoms with Crippen molar-refractivity contribution in [2.24, 2.45) is 5.92 Å². The van der Waals surface area contributed by atoms with Crippen LogP contribution in [0.1, 0.15) is 103 Å². The molecule has 2 rings (SSSR count). The van der Waals surface area contributed by atoms with E-state index in [9.17, 15) is 25.1 Å². The van der Waals surface area contributed by atoms with E-state index in [0.717, 1.165) is 23.8 Å². The molecule has 4 atom stereocenters. The molecule has 1 aromatic heterocycles. The smallest absolute Gasteiger partial charge is 0.351 e. The van der Waals surface area contributed by atoms with Gasteiger partial charge in [-0.05, 0) is 12.5 Å². The summed E-state index contributed by atoms with van der Waals surface area (Å²) < 4.78 is 6.55. The minimum absolute atomic E-state index is 0.136. The van der Waals surface area contributed by atoms with Gasteiger partial charge < -0.3 is 20.3 Å². The van der Waals surface area contributed by atoms with Crippen molar-refractivity contribution in [3.63, 3.8) is 0 Å². The number of ether oxygens (including phenoxy) is 1. The minimum atomic E-state index is -1.21. The molecular formula is C26H42N4O5. The molecule has 0 saturated carbocycles. The van der Waals surface area contributed by atoms with Gasteiger partial charge in [-0.1, -0.05) is 84.0 Å². The fraction of sp³-hybridized carbons (Fsp3) is 0.769. The number of aliphatic hydroxyl groups excluding tert-OH is 2. The molecule has 0 unspecified atom stereocenters. The number of nitrogens with one attached hydrogen (secondary N) is 1. The number of anilines is 1. The second-order valence-electron chi connectivity index (χ2n) is 9.44. The molecule has 1 saturated heterocycles. The van der Waals surface area contributed by atoms with Crippen molar-refractivity contribution in [2.75, 3.05) is 11.9 Å². The van der Waals surface area contributed by atoms with E-state index in [1.165, 1.54) is 76.5 Å². The van der Waals surface area contributed by atoms with Gasteiger partial charge in [-0.25, -0.2) is 4.79 Å². The van der Waals surface area contributed by atoms with E-state index in [1.807, 2.05) is 6.07 Å². The van der Waals surface area contributed by atoms with Crippen LogP contribution in [0.4, 0.5) is 5.82 Å². The minimum Gasteiger partial charge on any atom is -0.394 e. The first-order chi connectivity index (χ1) is 17.0. The van der Waals surface area contributed by atoms with Gasteiger partial charge in [0.1, 0.15) is 23.9 Å². The average molecular weight is 491 g/mol. The molecule has 35 heavy (non-hydrogen) atoms. The second kappa shape index (κ2) is 16.4. The van der Waals surface area contributed by atoms with Crippen LogP contribution < -0.4 is 11.0 Å². The molecule has 1 aliphatic heterocycles. The summed E-state index contributed by atoms with van der Waals surface area (Å²) in [6.45, 7) is 1.78. The van der Waals surface area contributed by atoms with Crippen LogP contribution in [0, 0.1) is 17.2 Å². The second-order valence-corrected chi connectivity index (χ2v) is 9.44. The highest BCUT2D eigenvalue weighted by atomic mass is 16.5. The summed E-state index contributed by atoms with van der Waals surface area (Å²) in [6, 6.07) is 3.37. The molecule has 1 aromatic rings. The third-order valence-electron chi connectivity index (χ3n) is 6.58. The fourth-order valence-electron chi connectivity index (χ4n) is 4.46. The van der Waals surface area contributed by atoms with Crippen LogP contribution in [-0.4, -0.2) is 44.5 Å². The molecule has 196 valence electrons. The van der Waals surface area contributed by atoms with Crippen molar-refractivity contribution >= 4 is 11.7 Å². The first-order valence-electron chi connectivity index (χ1n) is 13.2. The Labute approximate surface area is 208 Å². The maximum Gasteiger partial charge on any atom is 0.351 e. The Balaban J connectivity index is 1.62. The fourth-order valence-corrected chi connectivity index (χ4v) is 4.46. The van der Waals surface area contributed by atoms with Gasteiger partial charge in [-0.2, -0.15) is 10.2 Å². The Morgan fingerprint density at radius 3 is 2.17 bits per heavy atom. The van der Waals surface area contributed by atoms with Gasteiger partial charge in [0.25, 0.3) is 0 Å². The zero-order valence-electron chi connectivity index (χ0n) is 21.0. The summed E-state index contributed by atoms with van der Waals surface area (Å²) in [6.07, 6.45) is 14.7. The van der Waals surface area contributed by atoms with Crippen molar-refractivity contribution in [3.8, 4) is 6.07 Å². The van der Waals surface area contributed by atoms with Gasteiger partial charge in [0, 0.05) is 12.6 Å². The number of hydrogen-bond donors (Lipinski definition) is 3. The van der Waals surface area contributed by atoms with Crippen LogP contribution >= 0.6 is 0 Å². The van der Waals surface area contributed by atoms with E-state index in [2.05, 4.69) is 17.2 Å². The summed E-state index contributed by atoms with van der Waals surface area (Å²) in [7, 11) is 0. The van der Waals surface area contributed by atoms with Gasteiger partial charge in [0.05, 0.1) is 12.7 Å². The summed E-state index contributed by atoms with van der Waals surface area (Å²) in [4.78, 5) is 28.5. The molecule has 1 aliphatic rings. The predicted octanol–water partition coefficient (Wildman–Crippen LogP) is 4.05. The SMILES string of the molecule is CCCCCCCCCCCCCCCC(=O)Nc1ccn([C@@H]2O[C@H](CO)[C@@H](O)[C@@H]2C#N)c(=O)n1. The number of carbonyl (C=O) groups excluding carboxylic acids is 1. The molecule has 0 radical (unpaired) electrons. The van der Waals surface area contributed by atoms with Gasteiger partial charge in [-0.15, -0.1) is 0 Å². The highest BCUT2D eigenvalue weighted by molar-refractivity contribution is 5.89. The lowest BCUT2D eigenvalue weighted by atomic mass is 10.0.